The molecule has 0 aliphatic carbocycles. The fraction of sp³-hybridized carbons (Fsp3) is 0.500. The molecule has 0 saturated carbocycles. The number of hydrogen-bond donors (Lipinski definition) is 2. The van der Waals surface area contributed by atoms with E-state index < -0.39 is 6.10 Å². The van der Waals surface area contributed by atoms with E-state index in [0.717, 1.165) is 5.76 Å². The van der Waals surface area contributed by atoms with E-state index in [1.165, 1.54) is 4.88 Å². The minimum absolute atomic E-state index is 0.268. The first-order valence-corrected chi connectivity index (χ1v) is 8.09. The van der Waals surface area contributed by atoms with E-state index in [1.807, 2.05) is 12.1 Å². The summed E-state index contributed by atoms with van der Waals surface area (Å²) in [4.78, 5) is 1.30. The van der Waals surface area contributed by atoms with Crippen molar-refractivity contribution < 1.29 is 14.3 Å². The summed E-state index contributed by atoms with van der Waals surface area (Å²) >= 11 is 1.74. The second-order valence-electron chi connectivity index (χ2n) is 5.39. The lowest BCUT2D eigenvalue weighted by atomic mass is 10.0. The molecule has 0 fully saturated rings. The maximum absolute atomic E-state index is 9.99. The van der Waals surface area contributed by atoms with Gasteiger partial charge < -0.3 is 19.6 Å². The molecule has 0 aromatic carbocycles. The number of furan rings is 1. The third-order valence-corrected chi connectivity index (χ3v) is 4.18. The van der Waals surface area contributed by atoms with Crippen LogP contribution in [0.3, 0.4) is 0 Å². The standard InChI is InChI=1S/C16H23NO3S/c1-12(2)16(15-6-4-8-21-15)17-9-13(18)10-19-11-14-5-3-7-20-14/h3-8,12-13,16-18H,9-11H2,1-2H3. The molecular weight excluding hydrogens is 286 g/mol. The Labute approximate surface area is 129 Å². The molecule has 116 valence electrons. The van der Waals surface area contributed by atoms with Gasteiger partial charge in [-0.05, 0) is 29.5 Å². The highest BCUT2D eigenvalue weighted by molar-refractivity contribution is 7.10. The molecule has 2 heterocycles. The van der Waals surface area contributed by atoms with Gasteiger partial charge in [0.1, 0.15) is 12.4 Å². The van der Waals surface area contributed by atoms with Gasteiger partial charge in [0.15, 0.2) is 0 Å². The Morgan fingerprint density at radius 2 is 2.19 bits per heavy atom. The van der Waals surface area contributed by atoms with Crippen LogP contribution in [-0.2, 0) is 11.3 Å². The van der Waals surface area contributed by atoms with Crippen molar-refractivity contribution in [3.8, 4) is 0 Å². The van der Waals surface area contributed by atoms with E-state index >= 15 is 0 Å². The fourth-order valence-corrected chi connectivity index (χ4v) is 3.12. The Hall–Kier alpha value is -1.14. The lowest BCUT2D eigenvalue weighted by Crippen LogP contribution is -2.34. The van der Waals surface area contributed by atoms with Gasteiger partial charge in [-0.2, -0.15) is 0 Å². The zero-order valence-electron chi connectivity index (χ0n) is 12.5. The molecule has 2 N–H and O–H groups in total. The van der Waals surface area contributed by atoms with Crippen molar-refractivity contribution in [3.05, 3.63) is 46.5 Å². The van der Waals surface area contributed by atoms with Gasteiger partial charge in [-0.15, -0.1) is 11.3 Å². The lowest BCUT2D eigenvalue weighted by molar-refractivity contribution is 0.0209. The summed E-state index contributed by atoms with van der Waals surface area (Å²) in [7, 11) is 0. The normalized spacial score (nSPS) is 14.5. The van der Waals surface area contributed by atoms with Crippen molar-refractivity contribution in [1.82, 2.24) is 5.32 Å². The smallest absolute Gasteiger partial charge is 0.129 e. The highest BCUT2D eigenvalue weighted by Crippen LogP contribution is 2.25. The van der Waals surface area contributed by atoms with Crippen molar-refractivity contribution in [2.75, 3.05) is 13.2 Å². The van der Waals surface area contributed by atoms with Gasteiger partial charge >= 0.3 is 0 Å². The van der Waals surface area contributed by atoms with Crippen molar-refractivity contribution in [2.24, 2.45) is 5.92 Å². The van der Waals surface area contributed by atoms with Crippen LogP contribution in [-0.4, -0.2) is 24.4 Å². The Balaban J connectivity index is 1.70. The number of aliphatic hydroxyl groups excluding tert-OH is 1. The molecule has 21 heavy (non-hydrogen) atoms. The van der Waals surface area contributed by atoms with Gasteiger partial charge in [0, 0.05) is 17.5 Å². The molecule has 2 aromatic heterocycles. The van der Waals surface area contributed by atoms with E-state index in [0.29, 0.717) is 25.7 Å². The minimum atomic E-state index is -0.527. The lowest BCUT2D eigenvalue weighted by Gasteiger charge is -2.23. The summed E-state index contributed by atoms with van der Waals surface area (Å²) in [6.45, 7) is 5.55. The predicted octanol–water partition coefficient (Wildman–Crippen LogP) is 3.21. The van der Waals surface area contributed by atoms with Gasteiger partial charge in [0.25, 0.3) is 0 Å². The quantitative estimate of drug-likeness (QED) is 0.747. The molecule has 2 aromatic rings. The van der Waals surface area contributed by atoms with Crippen molar-refractivity contribution in [2.45, 2.75) is 32.6 Å². The van der Waals surface area contributed by atoms with E-state index in [4.69, 9.17) is 9.15 Å². The summed E-state index contributed by atoms with van der Waals surface area (Å²) in [5, 5.41) is 15.5. The third kappa shape index (κ3) is 5.28. The molecule has 2 atom stereocenters. The van der Waals surface area contributed by atoms with E-state index in [1.54, 1.807) is 17.6 Å². The van der Waals surface area contributed by atoms with Crippen LogP contribution in [0.4, 0.5) is 0 Å². The number of ether oxygens (including phenoxy) is 1. The predicted molar refractivity (Wildman–Crippen MR) is 84.3 cm³/mol. The molecule has 0 radical (unpaired) electrons. The first kappa shape index (κ1) is 16.2. The van der Waals surface area contributed by atoms with Crippen LogP contribution in [0.2, 0.25) is 0 Å². The van der Waals surface area contributed by atoms with Crippen LogP contribution in [0.25, 0.3) is 0 Å². The van der Waals surface area contributed by atoms with Gasteiger partial charge in [-0.3, -0.25) is 0 Å². The third-order valence-electron chi connectivity index (χ3n) is 3.22. The molecule has 0 aliphatic rings. The van der Waals surface area contributed by atoms with E-state index in [9.17, 15) is 5.11 Å². The zero-order chi connectivity index (χ0) is 15.1. The Bertz CT molecular complexity index is 482. The second kappa shape index (κ2) is 8.34. The molecule has 5 heteroatoms. The topological polar surface area (TPSA) is 54.6 Å². The molecule has 0 aliphatic heterocycles. The molecule has 0 spiro atoms. The number of hydrogen-bond acceptors (Lipinski definition) is 5. The first-order valence-electron chi connectivity index (χ1n) is 7.21. The van der Waals surface area contributed by atoms with Crippen LogP contribution in [0, 0.1) is 5.92 Å². The van der Waals surface area contributed by atoms with Crippen molar-refractivity contribution >= 4 is 11.3 Å². The minimum Gasteiger partial charge on any atom is -0.467 e. The number of rotatable bonds is 9. The van der Waals surface area contributed by atoms with Gasteiger partial charge in [-0.25, -0.2) is 0 Å². The van der Waals surface area contributed by atoms with Crippen LogP contribution in [0.15, 0.2) is 40.3 Å². The number of aliphatic hydroxyl groups is 1. The second-order valence-corrected chi connectivity index (χ2v) is 6.37. The number of thiophene rings is 1. The highest BCUT2D eigenvalue weighted by atomic mass is 32.1. The van der Waals surface area contributed by atoms with E-state index in [2.05, 4.69) is 36.7 Å². The highest BCUT2D eigenvalue weighted by Gasteiger charge is 2.17. The summed E-state index contributed by atoms with van der Waals surface area (Å²) in [6.07, 6.45) is 1.09. The summed E-state index contributed by atoms with van der Waals surface area (Å²) in [6, 6.07) is 8.13. The summed E-state index contributed by atoms with van der Waals surface area (Å²) in [5.41, 5.74) is 0. The van der Waals surface area contributed by atoms with Gasteiger partial charge in [0.05, 0.1) is 19.0 Å². The number of nitrogens with one attached hydrogen (secondary N) is 1. The molecule has 0 amide bonds. The largest absolute Gasteiger partial charge is 0.467 e. The van der Waals surface area contributed by atoms with Crippen molar-refractivity contribution in [3.63, 3.8) is 0 Å². The molecule has 0 saturated heterocycles. The fourth-order valence-electron chi connectivity index (χ4n) is 2.15. The van der Waals surface area contributed by atoms with Crippen LogP contribution in [0.1, 0.15) is 30.5 Å². The van der Waals surface area contributed by atoms with Crippen LogP contribution < -0.4 is 5.32 Å². The monoisotopic (exact) mass is 309 g/mol. The molecule has 0 bridgehead atoms. The average Bonchev–Trinajstić information content (AvgIpc) is 3.11. The van der Waals surface area contributed by atoms with E-state index in [-0.39, 0.29) is 6.04 Å². The molecule has 2 rings (SSSR count). The Kier molecular flexibility index (Phi) is 6.45. The SMILES string of the molecule is CC(C)C(NCC(O)COCc1ccco1)c1cccs1. The molecule has 4 nitrogen and oxygen atoms in total. The van der Waals surface area contributed by atoms with Gasteiger partial charge in [0.2, 0.25) is 0 Å². The maximum Gasteiger partial charge on any atom is 0.129 e. The summed E-state index contributed by atoms with van der Waals surface area (Å²) in [5.74, 6) is 1.24. The van der Waals surface area contributed by atoms with Crippen LogP contribution >= 0.6 is 11.3 Å². The average molecular weight is 309 g/mol. The molecule has 2 unspecified atom stereocenters. The zero-order valence-corrected chi connectivity index (χ0v) is 13.3. The van der Waals surface area contributed by atoms with Crippen molar-refractivity contribution in [1.29, 1.82) is 0 Å². The van der Waals surface area contributed by atoms with Crippen LogP contribution in [0.5, 0.6) is 0 Å². The summed E-state index contributed by atoms with van der Waals surface area (Å²) < 4.78 is 10.6. The molecular formula is C16H23NO3S. The maximum atomic E-state index is 9.99. The first-order chi connectivity index (χ1) is 10.2. The Morgan fingerprint density at radius 1 is 1.33 bits per heavy atom. The Morgan fingerprint density at radius 3 is 2.81 bits per heavy atom. The van der Waals surface area contributed by atoms with Gasteiger partial charge in [-0.1, -0.05) is 19.9 Å².